The molecule has 4 rings (SSSR count). The first kappa shape index (κ1) is 20.8. The summed E-state index contributed by atoms with van der Waals surface area (Å²) in [5.74, 6) is -1.25. The second-order valence-corrected chi connectivity index (χ2v) is 8.29. The van der Waals surface area contributed by atoms with Crippen LogP contribution in [0.4, 0.5) is 19.3 Å². The van der Waals surface area contributed by atoms with Crippen LogP contribution in [0.15, 0.2) is 65.1 Å². The van der Waals surface area contributed by atoms with E-state index in [-0.39, 0.29) is 28.8 Å². The van der Waals surface area contributed by atoms with Gasteiger partial charge in [0, 0.05) is 10.6 Å². The maximum Gasteiger partial charge on any atom is 0.415 e. The molecule has 3 nitrogen and oxygen atoms in total. The molecule has 1 unspecified atom stereocenters. The van der Waals surface area contributed by atoms with Gasteiger partial charge in [-0.25, -0.2) is 13.6 Å². The van der Waals surface area contributed by atoms with Crippen LogP contribution in [-0.2, 0) is 17.8 Å². The van der Waals surface area contributed by atoms with Crippen molar-refractivity contribution in [3.05, 3.63) is 98.5 Å². The van der Waals surface area contributed by atoms with Crippen molar-refractivity contribution >= 4 is 39.3 Å². The smallest absolute Gasteiger partial charge is 0.415 e. The van der Waals surface area contributed by atoms with Crippen LogP contribution >= 0.6 is 27.5 Å². The van der Waals surface area contributed by atoms with E-state index >= 15 is 0 Å². The number of nitrogens with zero attached hydrogens (tertiary/aromatic N) is 1. The maximum atomic E-state index is 15.0. The SMILES string of the molecule is O=C(OCc1ccccc1)N1c2c(F)cc(Br)c(F)c2CCC1c1ccc(Cl)cc1. The van der Waals surface area contributed by atoms with Gasteiger partial charge in [0.15, 0.2) is 0 Å². The average molecular weight is 493 g/mol. The fourth-order valence-electron chi connectivity index (χ4n) is 3.70. The lowest BCUT2D eigenvalue weighted by Gasteiger charge is -2.37. The molecule has 1 aliphatic heterocycles. The monoisotopic (exact) mass is 491 g/mol. The molecule has 0 N–H and O–H groups in total. The molecule has 1 aliphatic rings. The van der Waals surface area contributed by atoms with E-state index in [2.05, 4.69) is 15.9 Å². The number of anilines is 1. The van der Waals surface area contributed by atoms with E-state index in [0.717, 1.165) is 17.2 Å². The highest BCUT2D eigenvalue weighted by Crippen LogP contribution is 2.43. The first-order valence-corrected chi connectivity index (χ1v) is 10.5. The van der Waals surface area contributed by atoms with Gasteiger partial charge in [-0.05, 0) is 58.1 Å². The Kier molecular flexibility index (Phi) is 6.06. The molecular formula is C23H17BrClF2NO2. The lowest BCUT2D eigenvalue weighted by atomic mass is 9.91. The Labute approximate surface area is 186 Å². The molecule has 30 heavy (non-hydrogen) atoms. The van der Waals surface area contributed by atoms with Crippen molar-refractivity contribution in [2.24, 2.45) is 0 Å². The minimum absolute atomic E-state index is 0.0273. The fourth-order valence-corrected chi connectivity index (χ4v) is 4.26. The molecule has 0 fully saturated rings. The third kappa shape index (κ3) is 4.07. The highest BCUT2D eigenvalue weighted by atomic mass is 79.9. The van der Waals surface area contributed by atoms with E-state index < -0.39 is 23.8 Å². The number of hydrogen-bond acceptors (Lipinski definition) is 2. The van der Waals surface area contributed by atoms with Crippen LogP contribution < -0.4 is 4.90 Å². The van der Waals surface area contributed by atoms with Crippen molar-refractivity contribution in [1.82, 2.24) is 0 Å². The van der Waals surface area contributed by atoms with Gasteiger partial charge in [-0.2, -0.15) is 0 Å². The fraction of sp³-hybridized carbons (Fsp3) is 0.174. The number of hydrogen-bond donors (Lipinski definition) is 0. The summed E-state index contributed by atoms with van der Waals surface area (Å²) in [6.07, 6.45) is -0.0322. The molecular weight excluding hydrogens is 476 g/mol. The third-order valence-corrected chi connectivity index (χ3v) is 5.95. The van der Waals surface area contributed by atoms with Crippen LogP contribution in [0.2, 0.25) is 5.02 Å². The molecule has 0 saturated heterocycles. The van der Waals surface area contributed by atoms with E-state index in [4.69, 9.17) is 16.3 Å². The summed E-state index contributed by atoms with van der Waals surface area (Å²) in [5, 5.41) is 0.550. The Balaban J connectivity index is 1.73. The zero-order valence-corrected chi connectivity index (χ0v) is 18.1. The first-order valence-electron chi connectivity index (χ1n) is 9.37. The Hall–Kier alpha value is -2.44. The second-order valence-electron chi connectivity index (χ2n) is 7.00. The average Bonchev–Trinajstić information content (AvgIpc) is 2.76. The van der Waals surface area contributed by atoms with Crippen molar-refractivity contribution in [1.29, 1.82) is 0 Å². The molecule has 3 aromatic rings. The van der Waals surface area contributed by atoms with E-state index in [1.165, 1.54) is 4.90 Å². The van der Waals surface area contributed by atoms with Crippen LogP contribution in [-0.4, -0.2) is 6.09 Å². The minimum atomic E-state index is -0.736. The predicted octanol–water partition coefficient (Wildman–Crippen LogP) is 7.21. The number of carbonyl (C=O) groups excluding carboxylic acids is 1. The Morgan fingerprint density at radius 1 is 1.13 bits per heavy atom. The van der Waals surface area contributed by atoms with E-state index in [1.807, 2.05) is 30.3 Å². The molecule has 154 valence electrons. The highest BCUT2D eigenvalue weighted by Gasteiger charge is 2.37. The Morgan fingerprint density at radius 2 is 1.83 bits per heavy atom. The molecule has 1 heterocycles. The maximum absolute atomic E-state index is 15.0. The van der Waals surface area contributed by atoms with Crippen LogP contribution in [0, 0.1) is 11.6 Å². The number of amides is 1. The Bertz CT molecular complexity index is 1080. The molecule has 0 aliphatic carbocycles. The number of ether oxygens (including phenoxy) is 1. The minimum Gasteiger partial charge on any atom is -0.444 e. The molecule has 7 heteroatoms. The summed E-state index contributed by atoms with van der Waals surface area (Å²) in [6, 6.07) is 16.7. The number of carbonyl (C=O) groups is 1. The highest BCUT2D eigenvalue weighted by molar-refractivity contribution is 9.10. The third-order valence-electron chi connectivity index (χ3n) is 5.12. The van der Waals surface area contributed by atoms with Gasteiger partial charge in [0.05, 0.1) is 16.2 Å². The summed E-state index contributed by atoms with van der Waals surface area (Å²) >= 11 is 9.04. The summed E-state index contributed by atoms with van der Waals surface area (Å²) in [4.78, 5) is 14.3. The van der Waals surface area contributed by atoms with Gasteiger partial charge in [0.25, 0.3) is 0 Å². The molecule has 1 amide bonds. The summed E-state index contributed by atoms with van der Waals surface area (Å²) in [5.41, 5.74) is 1.64. The van der Waals surface area contributed by atoms with Gasteiger partial charge < -0.3 is 4.74 Å². The first-order chi connectivity index (χ1) is 14.5. The topological polar surface area (TPSA) is 29.5 Å². The summed E-state index contributed by atoms with van der Waals surface area (Å²) in [6.45, 7) is 0.0273. The van der Waals surface area contributed by atoms with Crippen LogP contribution in [0.3, 0.4) is 0 Å². The van der Waals surface area contributed by atoms with Gasteiger partial charge in [0.2, 0.25) is 0 Å². The Morgan fingerprint density at radius 3 is 2.53 bits per heavy atom. The second kappa shape index (κ2) is 8.74. The van der Waals surface area contributed by atoms with Gasteiger partial charge in [-0.1, -0.05) is 54.1 Å². The van der Waals surface area contributed by atoms with Crippen molar-refractivity contribution in [2.45, 2.75) is 25.5 Å². The molecule has 0 bridgehead atoms. The van der Waals surface area contributed by atoms with Crippen LogP contribution in [0.1, 0.15) is 29.2 Å². The van der Waals surface area contributed by atoms with Crippen molar-refractivity contribution in [3.8, 4) is 0 Å². The molecule has 0 aromatic heterocycles. The van der Waals surface area contributed by atoms with Gasteiger partial charge >= 0.3 is 6.09 Å². The molecule has 0 spiro atoms. The van der Waals surface area contributed by atoms with Gasteiger partial charge in [-0.3, -0.25) is 4.90 Å². The van der Waals surface area contributed by atoms with Gasteiger partial charge in [0.1, 0.15) is 18.2 Å². The van der Waals surface area contributed by atoms with Crippen LogP contribution in [0.5, 0.6) is 0 Å². The zero-order valence-electron chi connectivity index (χ0n) is 15.7. The number of rotatable bonds is 3. The largest absolute Gasteiger partial charge is 0.444 e. The zero-order chi connectivity index (χ0) is 21.3. The predicted molar refractivity (Wildman–Crippen MR) is 116 cm³/mol. The van der Waals surface area contributed by atoms with E-state index in [1.54, 1.807) is 24.3 Å². The van der Waals surface area contributed by atoms with Crippen molar-refractivity contribution in [3.63, 3.8) is 0 Å². The number of fused-ring (bicyclic) bond motifs is 1. The molecule has 0 radical (unpaired) electrons. The number of halogens is 4. The number of benzene rings is 3. The summed E-state index contributed by atoms with van der Waals surface area (Å²) in [7, 11) is 0. The lowest BCUT2D eigenvalue weighted by Crippen LogP contribution is -2.40. The van der Waals surface area contributed by atoms with Crippen molar-refractivity contribution in [2.75, 3.05) is 4.90 Å². The molecule has 3 aromatic carbocycles. The lowest BCUT2D eigenvalue weighted by molar-refractivity contribution is 0.143. The molecule has 1 atom stereocenters. The van der Waals surface area contributed by atoms with Crippen molar-refractivity contribution < 1.29 is 18.3 Å². The normalized spacial score (nSPS) is 15.6. The molecule has 0 saturated carbocycles. The van der Waals surface area contributed by atoms with Gasteiger partial charge in [-0.15, -0.1) is 0 Å². The van der Waals surface area contributed by atoms with E-state index in [0.29, 0.717) is 11.4 Å². The van der Waals surface area contributed by atoms with Crippen LogP contribution in [0.25, 0.3) is 0 Å². The summed E-state index contributed by atoms with van der Waals surface area (Å²) < 4.78 is 35.2. The van der Waals surface area contributed by atoms with E-state index in [9.17, 15) is 13.6 Å². The quantitative estimate of drug-likeness (QED) is 0.362. The standard InChI is InChI=1S/C23H17BrClF2NO2/c24-18-12-19(26)22-17(21(18)27)10-11-20(15-6-8-16(25)9-7-15)28(22)23(29)30-13-14-4-2-1-3-5-14/h1-9,12,20H,10-11,13H2.